The third-order valence-electron chi connectivity index (χ3n) is 3.33. The molecule has 1 amide bonds. The zero-order valence-corrected chi connectivity index (χ0v) is 12.8. The third-order valence-corrected chi connectivity index (χ3v) is 3.33. The van der Waals surface area contributed by atoms with Crippen LogP contribution in [0.15, 0.2) is 48.8 Å². The maximum absolute atomic E-state index is 12.2. The van der Waals surface area contributed by atoms with Crippen molar-refractivity contribution in [3.05, 3.63) is 70.0 Å². The number of hydrogen-bond donors (Lipinski definition) is 1. The summed E-state index contributed by atoms with van der Waals surface area (Å²) in [5, 5.41) is 13.6. The first-order valence-corrected chi connectivity index (χ1v) is 7.04. The maximum Gasteiger partial charge on any atom is 0.328 e. The molecule has 0 unspecified atom stereocenters. The largest absolute Gasteiger partial charge is 0.467 e. The van der Waals surface area contributed by atoms with Crippen LogP contribution in [-0.4, -0.2) is 34.9 Å². The van der Waals surface area contributed by atoms with Crippen LogP contribution in [0.1, 0.15) is 15.9 Å². The van der Waals surface area contributed by atoms with Crippen LogP contribution in [0.25, 0.3) is 0 Å². The number of esters is 1. The highest BCUT2D eigenvalue weighted by Crippen LogP contribution is 2.19. The summed E-state index contributed by atoms with van der Waals surface area (Å²) in [7, 11) is 1.19. The molecule has 1 atom stereocenters. The molecule has 0 saturated heterocycles. The number of nitro benzene ring substituents is 1. The van der Waals surface area contributed by atoms with Gasteiger partial charge in [0.2, 0.25) is 0 Å². The van der Waals surface area contributed by atoms with Crippen molar-refractivity contribution in [1.29, 1.82) is 0 Å². The van der Waals surface area contributed by atoms with E-state index in [1.807, 2.05) is 0 Å². The van der Waals surface area contributed by atoms with Gasteiger partial charge in [-0.05, 0) is 12.1 Å². The molecule has 2 rings (SSSR count). The minimum Gasteiger partial charge on any atom is -0.467 e. The Balaban J connectivity index is 2.22. The van der Waals surface area contributed by atoms with Gasteiger partial charge in [-0.2, -0.15) is 0 Å². The number of carbonyl (C=O) groups is 2. The summed E-state index contributed by atoms with van der Waals surface area (Å²) < 4.78 is 4.68. The fourth-order valence-electron chi connectivity index (χ4n) is 2.16. The van der Waals surface area contributed by atoms with E-state index in [0.717, 1.165) is 0 Å². The van der Waals surface area contributed by atoms with E-state index in [0.29, 0.717) is 5.56 Å². The molecule has 24 heavy (non-hydrogen) atoms. The van der Waals surface area contributed by atoms with Gasteiger partial charge in [0.15, 0.2) is 0 Å². The molecule has 0 bridgehead atoms. The molecular weight excluding hydrogens is 314 g/mol. The van der Waals surface area contributed by atoms with Crippen LogP contribution in [0.5, 0.6) is 0 Å². The van der Waals surface area contributed by atoms with Crippen molar-refractivity contribution in [2.45, 2.75) is 12.5 Å². The fourth-order valence-corrected chi connectivity index (χ4v) is 2.16. The average molecular weight is 329 g/mol. The lowest BCUT2D eigenvalue weighted by atomic mass is 10.0. The number of carbonyl (C=O) groups excluding carboxylic acids is 2. The Labute approximate surface area is 137 Å². The van der Waals surface area contributed by atoms with Gasteiger partial charge >= 0.3 is 5.97 Å². The average Bonchev–Trinajstić information content (AvgIpc) is 2.61. The number of nitrogens with one attached hydrogen (secondary N) is 1. The molecular formula is C16H15N3O5. The molecule has 0 spiro atoms. The van der Waals surface area contributed by atoms with Gasteiger partial charge in [-0.1, -0.05) is 18.2 Å². The molecule has 1 aromatic heterocycles. The number of ether oxygens (including phenoxy) is 1. The minimum atomic E-state index is -1.05. The van der Waals surface area contributed by atoms with Gasteiger partial charge in [0.05, 0.1) is 17.6 Å². The first-order chi connectivity index (χ1) is 11.5. The lowest BCUT2D eigenvalue weighted by Crippen LogP contribution is -2.43. The first kappa shape index (κ1) is 17.1. The summed E-state index contributed by atoms with van der Waals surface area (Å²) >= 11 is 0. The molecule has 0 fully saturated rings. The third kappa shape index (κ3) is 4.13. The van der Waals surface area contributed by atoms with Crippen molar-refractivity contribution in [2.24, 2.45) is 0 Å². The number of pyridine rings is 1. The van der Waals surface area contributed by atoms with Crippen molar-refractivity contribution in [1.82, 2.24) is 10.3 Å². The van der Waals surface area contributed by atoms with Crippen LogP contribution in [0.2, 0.25) is 0 Å². The van der Waals surface area contributed by atoms with Crippen LogP contribution in [0.3, 0.4) is 0 Å². The first-order valence-electron chi connectivity index (χ1n) is 7.04. The number of aromatic nitrogens is 1. The van der Waals surface area contributed by atoms with E-state index in [1.165, 1.54) is 37.7 Å². The van der Waals surface area contributed by atoms with Crippen molar-refractivity contribution < 1.29 is 19.2 Å². The van der Waals surface area contributed by atoms with Gasteiger partial charge in [0.25, 0.3) is 11.6 Å². The lowest BCUT2D eigenvalue weighted by Gasteiger charge is -2.16. The number of para-hydroxylation sites is 1. The Kier molecular flexibility index (Phi) is 5.56. The zero-order chi connectivity index (χ0) is 17.5. The molecule has 2 aromatic rings. The molecule has 1 heterocycles. The van der Waals surface area contributed by atoms with Gasteiger partial charge in [-0.25, -0.2) is 4.79 Å². The molecule has 8 nitrogen and oxygen atoms in total. The van der Waals surface area contributed by atoms with E-state index in [1.54, 1.807) is 18.2 Å². The highest BCUT2D eigenvalue weighted by atomic mass is 16.6. The Bertz CT molecular complexity index is 748. The predicted octanol–water partition coefficient (Wildman–Crippen LogP) is 1.50. The second kappa shape index (κ2) is 7.82. The normalized spacial score (nSPS) is 11.4. The monoisotopic (exact) mass is 329 g/mol. The molecule has 1 N–H and O–H groups in total. The smallest absolute Gasteiger partial charge is 0.328 e. The number of hydrogen-bond acceptors (Lipinski definition) is 6. The van der Waals surface area contributed by atoms with Crippen molar-refractivity contribution >= 4 is 17.6 Å². The summed E-state index contributed by atoms with van der Waals surface area (Å²) in [4.78, 5) is 38.5. The van der Waals surface area contributed by atoms with Crippen LogP contribution < -0.4 is 5.32 Å². The number of benzene rings is 1. The molecule has 124 valence electrons. The number of rotatable bonds is 6. The second-order valence-corrected chi connectivity index (χ2v) is 4.88. The zero-order valence-electron chi connectivity index (χ0n) is 12.8. The Hall–Kier alpha value is -3.29. The number of methoxy groups -OCH3 is 1. The maximum atomic E-state index is 12.2. The van der Waals surface area contributed by atoms with Crippen molar-refractivity contribution in [3.63, 3.8) is 0 Å². The SMILES string of the molecule is COC(=O)[C@@H](Cc1ccccc1[N+](=O)[O-])NC(=O)c1cccnc1. The van der Waals surface area contributed by atoms with E-state index in [2.05, 4.69) is 15.0 Å². The van der Waals surface area contributed by atoms with E-state index < -0.39 is 22.8 Å². The Morgan fingerprint density at radius 2 is 2.04 bits per heavy atom. The molecule has 0 aliphatic heterocycles. The predicted molar refractivity (Wildman–Crippen MR) is 84.3 cm³/mol. The van der Waals surface area contributed by atoms with Gasteiger partial charge in [-0.3, -0.25) is 19.9 Å². The highest BCUT2D eigenvalue weighted by Gasteiger charge is 2.26. The summed E-state index contributed by atoms with van der Waals surface area (Å²) in [6, 6.07) is 8.11. The van der Waals surface area contributed by atoms with Crippen LogP contribution in [-0.2, 0) is 16.0 Å². The number of amides is 1. The second-order valence-electron chi connectivity index (χ2n) is 4.88. The van der Waals surface area contributed by atoms with Gasteiger partial charge in [0, 0.05) is 30.4 Å². The summed E-state index contributed by atoms with van der Waals surface area (Å²) in [6.07, 6.45) is 2.81. The fraction of sp³-hybridized carbons (Fsp3) is 0.188. The van der Waals surface area contributed by atoms with Gasteiger partial charge in [-0.15, -0.1) is 0 Å². The number of nitro groups is 1. The summed E-state index contributed by atoms with van der Waals surface area (Å²) in [5.41, 5.74) is 0.473. The van der Waals surface area contributed by atoms with Gasteiger partial charge in [0.1, 0.15) is 6.04 Å². The molecule has 0 radical (unpaired) electrons. The van der Waals surface area contributed by atoms with Crippen molar-refractivity contribution in [2.75, 3.05) is 7.11 Å². The van der Waals surface area contributed by atoms with E-state index in [9.17, 15) is 19.7 Å². The number of nitrogens with zero attached hydrogens (tertiary/aromatic N) is 2. The summed E-state index contributed by atoms with van der Waals surface area (Å²) in [5.74, 6) is -1.21. The van der Waals surface area contributed by atoms with E-state index in [-0.39, 0.29) is 17.7 Å². The lowest BCUT2D eigenvalue weighted by molar-refractivity contribution is -0.385. The Morgan fingerprint density at radius 3 is 2.67 bits per heavy atom. The highest BCUT2D eigenvalue weighted by molar-refractivity contribution is 5.96. The topological polar surface area (TPSA) is 111 Å². The van der Waals surface area contributed by atoms with Gasteiger partial charge < -0.3 is 10.1 Å². The Morgan fingerprint density at radius 1 is 1.29 bits per heavy atom. The minimum absolute atomic E-state index is 0.0597. The standard InChI is InChI=1S/C16H15N3O5/c1-24-16(21)13(18-15(20)12-6-4-8-17-10-12)9-11-5-2-3-7-14(11)19(22)23/h2-8,10,13H,9H2,1H3,(H,18,20)/t13-/m1/s1. The van der Waals surface area contributed by atoms with Crippen LogP contribution >= 0.6 is 0 Å². The quantitative estimate of drug-likeness (QED) is 0.488. The molecule has 0 saturated carbocycles. The van der Waals surface area contributed by atoms with Crippen LogP contribution in [0, 0.1) is 10.1 Å². The molecule has 0 aliphatic rings. The molecule has 8 heteroatoms. The van der Waals surface area contributed by atoms with Crippen LogP contribution in [0.4, 0.5) is 5.69 Å². The van der Waals surface area contributed by atoms with E-state index >= 15 is 0 Å². The molecule has 0 aliphatic carbocycles. The van der Waals surface area contributed by atoms with Crippen molar-refractivity contribution in [3.8, 4) is 0 Å². The van der Waals surface area contributed by atoms with E-state index in [4.69, 9.17) is 0 Å². The summed E-state index contributed by atoms with van der Waals surface area (Å²) in [6.45, 7) is 0. The molecule has 1 aromatic carbocycles.